The molecule has 1 aromatic carbocycles. The number of aromatic nitrogens is 3. The van der Waals surface area contributed by atoms with Crippen LogP contribution < -0.4 is 10.9 Å². The Balaban J connectivity index is 1.86. The van der Waals surface area contributed by atoms with Crippen molar-refractivity contribution in [2.24, 2.45) is 0 Å². The third kappa shape index (κ3) is 2.36. The maximum absolute atomic E-state index is 11.9. The highest BCUT2D eigenvalue weighted by atomic mass is 32.1. The van der Waals surface area contributed by atoms with Crippen molar-refractivity contribution in [1.82, 2.24) is 15.0 Å². The molecule has 2 N–H and O–H groups in total. The van der Waals surface area contributed by atoms with Crippen LogP contribution >= 0.6 is 11.3 Å². The number of para-hydroxylation sites is 1. The summed E-state index contributed by atoms with van der Waals surface area (Å²) in [5.74, 6) is -0.407. The average molecular weight is 272 g/mol. The van der Waals surface area contributed by atoms with E-state index in [1.54, 1.807) is 0 Å². The molecule has 6 nitrogen and oxygen atoms in total. The first kappa shape index (κ1) is 11.5. The van der Waals surface area contributed by atoms with Gasteiger partial charge in [0.15, 0.2) is 5.13 Å². The fourth-order valence-electron chi connectivity index (χ4n) is 1.55. The summed E-state index contributed by atoms with van der Waals surface area (Å²) >= 11 is 1.38. The molecule has 7 heteroatoms. The Morgan fingerprint density at radius 2 is 2.16 bits per heavy atom. The van der Waals surface area contributed by atoms with Gasteiger partial charge in [0.05, 0.1) is 16.4 Å². The van der Waals surface area contributed by atoms with Crippen LogP contribution in [0.5, 0.6) is 0 Å². The van der Waals surface area contributed by atoms with Crippen LogP contribution in [0.3, 0.4) is 0 Å². The topological polar surface area (TPSA) is 87.7 Å². The molecule has 0 radical (unpaired) electrons. The lowest BCUT2D eigenvalue weighted by Crippen LogP contribution is -2.16. The second-order valence-electron chi connectivity index (χ2n) is 3.74. The molecule has 3 rings (SSSR count). The van der Waals surface area contributed by atoms with Gasteiger partial charge < -0.3 is 4.98 Å². The molecule has 0 aliphatic rings. The summed E-state index contributed by atoms with van der Waals surface area (Å²) in [6.45, 7) is 0. The largest absolute Gasteiger partial charge is 0.325 e. The smallest absolute Gasteiger partial charge is 0.277 e. The standard InChI is InChI=1S/C12H8N4O2S/c17-10-6-13-8(5-14-10)11(18)16-12-15-7-3-1-2-4-9(7)19-12/h1-6H,(H,14,17)(H,15,16,18). The van der Waals surface area contributed by atoms with Gasteiger partial charge in [-0.15, -0.1) is 0 Å². The number of aromatic amines is 1. The maximum atomic E-state index is 11.9. The molecule has 0 aliphatic carbocycles. The number of nitrogens with one attached hydrogen (secondary N) is 2. The zero-order chi connectivity index (χ0) is 13.2. The Hall–Kier alpha value is -2.54. The minimum Gasteiger partial charge on any atom is -0.325 e. The van der Waals surface area contributed by atoms with Crippen LogP contribution in [0.15, 0.2) is 41.5 Å². The molecule has 0 aliphatic heterocycles. The predicted octanol–water partition coefficient (Wildman–Crippen LogP) is 1.63. The third-order valence-corrected chi connectivity index (χ3v) is 3.37. The van der Waals surface area contributed by atoms with Gasteiger partial charge in [-0.05, 0) is 12.1 Å². The quantitative estimate of drug-likeness (QED) is 0.742. The summed E-state index contributed by atoms with van der Waals surface area (Å²) < 4.78 is 0.993. The lowest BCUT2D eigenvalue weighted by molar-refractivity contribution is 0.102. The van der Waals surface area contributed by atoms with E-state index in [2.05, 4.69) is 20.3 Å². The maximum Gasteiger partial charge on any atom is 0.277 e. The molecule has 19 heavy (non-hydrogen) atoms. The number of fused-ring (bicyclic) bond motifs is 1. The minimum absolute atomic E-state index is 0.138. The number of anilines is 1. The molecule has 2 aromatic heterocycles. The number of amides is 1. The number of benzene rings is 1. The molecule has 0 saturated heterocycles. The molecule has 0 bridgehead atoms. The molecule has 3 aromatic rings. The van der Waals surface area contributed by atoms with Gasteiger partial charge in [-0.1, -0.05) is 23.5 Å². The predicted molar refractivity (Wildman–Crippen MR) is 72.4 cm³/mol. The number of rotatable bonds is 2. The molecule has 2 heterocycles. The Morgan fingerprint density at radius 3 is 2.89 bits per heavy atom. The lowest BCUT2D eigenvalue weighted by atomic mass is 10.3. The van der Waals surface area contributed by atoms with Crippen LogP contribution in [0, 0.1) is 0 Å². The van der Waals surface area contributed by atoms with Crippen molar-refractivity contribution in [2.75, 3.05) is 5.32 Å². The fourth-order valence-corrected chi connectivity index (χ4v) is 2.41. The van der Waals surface area contributed by atoms with Crippen LogP contribution in [0.25, 0.3) is 10.2 Å². The molecular formula is C12H8N4O2S. The number of nitrogens with zero attached hydrogens (tertiary/aromatic N) is 2. The summed E-state index contributed by atoms with van der Waals surface area (Å²) in [6.07, 6.45) is 2.33. The van der Waals surface area contributed by atoms with Gasteiger partial charge in [0.2, 0.25) is 0 Å². The molecule has 0 saturated carbocycles. The zero-order valence-electron chi connectivity index (χ0n) is 9.58. The first-order valence-electron chi connectivity index (χ1n) is 5.44. The average Bonchev–Trinajstić information content (AvgIpc) is 2.81. The van der Waals surface area contributed by atoms with Crippen LogP contribution in [0.2, 0.25) is 0 Å². The van der Waals surface area contributed by atoms with Crippen molar-refractivity contribution in [3.63, 3.8) is 0 Å². The van der Waals surface area contributed by atoms with Gasteiger partial charge >= 0.3 is 0 Å². The monoisotopic (exact) mass is 272 g/mol. The zero-order valence-corrected chi connectivity index (χ0v) is 10.4. The van der Waals surface area contributed by atoms with E-state index in [-0.39, 0.29) is 11.3 Å². The van der Waals surface area contributed by atoms with E-state index in [0.717, 1.165) is 16.4 Å². The SMILES string of the molecule is O=C(Nc1nc2ccccc2s1)c1c[nH]c(=O)cn1. The van der Waals surface area contributed by atoms with E-state index < -0.39 is 5.91 Å². The Bertz CT molecular complexity index is 755. The van der Waals surface area contributed by atoms with E-state index in [1.165, 1.54) is 17.5 Å². The van der Waals surface area contributed by atoms with Gasteiger partial charge in [-0.3, -0.25) is 14.9 Å². The number of hydrogen-bond acceptors (Lipinski definition) is 5. The lowest BCUT2D eigenvalue weighted by Gasteiger charge is -1.99. The molecule has 94 valence electrons. The van der Waals surface area contributed by atoms with Gasteiger partial charge in [-0.2, -0.15) is 0 Å². The van der Waals surface area contributed by atoms with Gasteiger partial charge in [0.1, 0.15) is 5.69 Å². The Kier molecular flexibility index (Phi) is 2.81. The first-order valence-corrected chi connectivity index (χ1v) is 6.26. The molecule has 0 atom stereocenters. The van der Waals surface area contributed by atoms with Crippen molar-refractivity contribution in [3.05, 3.63) is 52.7 Å². The molecule has 0 unspecified atom stereocenters. The highest BCUT2D eigenvalue weighted by molar-refractivity contribution is 7.22. The van der Waals surface area contributed by atoms with E-state index in [1.807, 2.05) is 24.3 Å². The van der Waals surface area contributed by atoms with Crippen LogP contribution in [-0.2, 0) is 0 Å². The molecular weight excluding hydrogens is 264 g/mol. The molecule has 0 spiro atoms. The second-order valence-corrected chi connectivity index (χ2v) is 4.77. The van der Waals surface area contributed by atoms with E-state index in [4.69, 9.17) is 0 Å². The number of hydrogen-bond donors (Lipinski definition) is 2. The van der Waals surface area contributed by atoms with Gasteiger partial charge in [0, 0.05) is 6.20 Å². The van der Waals surface area contributed by atoms with E-state index in [9.17, 15) is 9.59 Å². The number of carbonyl (C=O) groups is 1. The second kappa shape index (κ2) is 4.62. The Labute approximate surface area is 111 Å². The minimum atomic E-state index is -0.407. The van der Waals surface area contributed by atoms with Crippen LogP contribution in [0.4, 0.5) is 5.13 Å². The van der Waals surface area contributed by atoms with E-state index >= 15 is 0 Å². The van der Waals surface area contributed by atoms with Crippen molar-refractivity contribution >= 4 is 32.6 Å². The summed E-state index contributed by atoms with van der Waals surface area (Å²) in [7, 11) is 0. The summed E-state index contributed by atoms with van der Waals surface area (Å²) in [4.78, 5) is 33.2. The van der Waals surface area contributed by atoms with Gasteiger partial charge in [0.25, 0.3) is 11.5 Å². The summed E-state index contributed by atoms with van der Waals surface area (Å²) in [5, 5.41) is 3.15. The van der Waals surface area contributed by atoms with Crippen molar-refractivity contribution in [3.8, 4) is 0 Å². The summed E-state index contributed by atoms with van der Waals surface area (Å²) in [5.41, 5.74) is 0.618. The number of H-pyrrole nitrogens is 1. The number of carbonyl (C=O) groups excluding carboxylic acids is 1. The third-order valence-electron chi connectivity index (χ3n) is 2.42. The van der Waals surface area contributed by atoms with Crippen molar-refractivity contribution in [2.45, 2.75) is 0 Å². The summed E-state index contributed by atoms with van der Waals surface area (Å²) in [6, 6.07) is 7.60. The van der Waals surface area contributed by atoms with Crippen LogP contribution in [-0.4, -0.2) is 20.9 Å². The molecule has 1 amide bonds. The first-order chi connectivity index (χ1) is 9.22. The van der Waals surface area contributed by atoms with Crippen LogP contribution in [0.1, 0.15) is 10.5 Å². The number of thiazole rings is 1. The molecule has 0 fully saturated rings. The van der Waals surface area contributed by atoms with Crippen molar-refractivity contribution in [1.29, 1.82) is 0 Å². The Morgan fingerprint density at radius 1 is 1.32 bits per heavy atom. The normalized spacial score (nSPS) is 10.5. The van der Waals surface area contributed by atoms with Gasteiger partial charge in [-0.25, -0.2) is 9.97 Å². The van der Waals surface area contributed by atoms with Crippen molar-refractivity contribution < 1.29 is 4.79 Å². The van der Waals surface area contributed by atoms with E-state index in [0.29, 0.717) is 5.13 Å². The highest BCUT2D eigenvalue weighted by Crippen LogP contribution is 2.25. The fraction of sp³-hybridized carbons (Fsp3) is 0. The highest BCUT2D eigenvalue weighted by Gasteiger charge is 2.10.